The lowest BCUT2D eigenvalue weighted by atomic mass is 10.1. The predicted octanol–water partition coefficient (Wildman–Crippen LogP) is 3.82. The molecule has 20 heavy (non-hydrogen) atoms. The van der Waals surface area contributed by atoms with Gasteiger partial charge < -0.3 is 0 Å². The number of hydrogen-bond acceptors (Lipinski definition) is 4. The van der Waals surface area contributed by atoms with E-state index in [1.165, 1.54) is 6.21 Å². The molecule has 1 aliphatic rings. The average Bonchev–Trinajstić information content (AvgIpc) is 2.77. The molecule has 0 saturated carbocycles. The number of hydrazone groups is 1. The molecule has 1 aliphatic heterocycles. The van der Waals surface area contributed by atoms with E-state index >= 15 is 0 Å². The molecule has 0 aliphatic carbocycles. The average molecular weight is 328 g/mol. The van der Waals surface area contributed by atoms with Gasteiger partial charge in [-0.3, -0.25) is 10.2 Å². The van der Waals surface area contributed by atoms with Gasteiger partial charge in [-0.2, -0.15) is 5.10 Å². The van der Waals surface area contributed by atoms with Crippen molar-refractivity contribution in [3.05, 3.63) is 58.6 Å². The van der Waals surface area contributed by atoms with E-state index in [1.807, 2.05) is 42.5 Å². The first-order valence-electron chi connectivity index (χ1n) is 6.01. The Bertz CT molecular complexity index is 723. The lowest BCUT2D eigenvalue weighted by molar-refractivity contribution is 0.107. The Morgan fingerprint density at radius 1 is 1.15 bits per heavy atom. The summed E-state index contributed by atoms with van der Waals surface area (Å²) in [5.41, 5.74) is 5.33. The lowest BCUT2D eigenvalue weighted by Gasteiger charge is -1.97. The van der Waals surface area contributed by atoms with Crippen molar-refractivity contribution >= 4 is 45.0 Å². The highest BCUT2D eigenvalue weighted by Crippen LogP contribution is 2.28. The summed E-state index contributed by atoms with van der Waals surface area (Å²) in [6.07, 6.45) is 1.45. The molecule has 0 fully saturated rings. The van der Waals surface area contributed by atoms with Crippen LogP contribution in [0.3, 0.4) is 0 Å². The summed E-state index contributed by atoms with van der Waals surface area (Å²) < 4.78 is 0.861. The second kappa shape index (κ2) is 5.38. The van der Waals surface area contributed by atoms with Crippen LogP contribution in [0.5, 0.6) is 0 Å². The highest BCUT2D eigenvalue weighted by molar-refractivity contribution is 9.10. The van der Waals surface area contributed by atoms with Crippen LogP contribution in [0, 0.1) is 0 Å². The van der Waals surface area contributed by atoms with Crippen LogP contribution >= 0.6 is 15.9 Å². The number of para-hydroxylation sites is 1. The summed E-state index contributed by atoms with van der Waals surface area (Å²) in [4.78, 5) is 16.4. The van der Waals surface area contributed by atoms with E-state index in [-0.39, 0.29) is 5.78 Å². The van der Waals surface area contributed by atoms with Crippen LogP contribution in [0.25, 0.3) is 0 Å². The number of carbonyl (C=O) groups is 1. The van der Waals surface area contributed by atoms with Crippen LogP contribution in [0.2, 0.25) is 0 Å². The van der Waals surface area contributed by atoms with E-state index in [0.29, 0.717) is 17.0 Å². The number of hydrogen-bond donors (Lipinski definition) is 1. The van der Waals surface area contributed by atoms with E-state index in [0.717, 1.165) is 10.2 Å². The highest BCUT2D eigenvalue weighted by Gasteiger charge is 2.23. The van der Waals surface area contributed by atoms with Crippen LogP contribution in [0.4, 0.5) is 11.4 Å². The second-order valence-corrected chi connectivity index (χ2v) is 5.14. The van der Waals surface area contributed by atoms with Crippen molar-refractivity contribution in [3.63, 3.8) is 0 Å². The van der Waals surface area contributed by atoms with Crippen LogP contribution < -0.4 is 5.43 Å². The maximum Gasteiger partial charge on any atom is 0.215 e. The summed E-state index contributed by atoms with van der Waals surface area (Å²) in [5.74, 6) is -0.111. The maximum absolute atomic E-state index is 12.1. The minimum Gasteiger partial charge on any atom is -0.287 e. The van der Waals surface area contributed by atoms with Crippen molar-refractivity contribution in [2.75, 3.05) is 5.43 Å². The topological polar surface area (TPSA) is 53.8 Å². The quantitative estimate of drug-likeness (QED) is 0.688. The molecular formula is C15H10BrN3O. The first-order chi connectivity index (χ1) is 9.74. The van der Waals surface area contributed by atoms with Gasteiger partial charge in [-0.1, -0.05) is 34.1 Å². The van der Waals surface area contributed by atoms with Crippen LogP contribution in [-0.2, 0) is 0 Å². The molecule has 0 atom stereocenters. The highest BCUT2D eigenvalue weighted by atomic mass is 79.9. The molecule has 0 radical (unpaired) electrons. The third kappa shape index (κ3) is 2.53. The Kier molecular flexibility index (Phi) is 3.43. The van der Waals surface area contributed by atoms with Crippen LogP contribution in [-0.4, -0.2) is 17.7 Å². The van der Waals surface area contributed by atoms with E-state index in [2.05, 4.69) is 31.4 Å². The van der Waals surface area contributed by atoms with E-state index in [9.17, 15) is 4.79 Å². The zero-order valence-electron chi connectivity index (χ0n) is 10.4. The number of ketones is 1. The Balaban J connectivity index is 1.76. The van der Waals surface area contributed by atoms with Gasteiger partial charge in [-0.05, 0) is 30.3 Å². The van der Waals surface area contributed by atoms with Gasteiger partial charge in [0.1, 0.15) is 5.71 Å². The molecule has 2 aromatic carbocycles. The number of carbonyl (C=O) groups excluding carboxylic acids is 1. The van der Waals surface area contributed by atoms with Gasteiger partial charge in [0.05, 0.1) is 23.2 Å². The van der Waals surface area contributed by atoms with Crippen LogP contribution in [0.1, 0.15) is 10.4 Å². The third-order valence-corrected chi connectivity index (χ3v) is 3.32. The van der Waals surface area contributed by atoms with Gasteiger partial charge in [0.25, 0.3) is 0 Å². The van der Waals surface area contributed by atoms with Crippen molar-refractivity contribution in [2.45, 2.75) is 0 Å². The fourth-order valence-electron chi connectivity index (χ4n) is 1.87. The smallest absolute Gasteiger partial charge is 0.215 e. The molecule has 0 saturated heterocycles. The van der Waals surface area contributed by atoms with Crippen molar-refractivity contribution in [2.24, 2.45) is 10.1 Å². The normalized spacial score (nSPS) is 13.4. The van der Waals surface area contributed by atoms with Gasteiger partial charge in [0.2, 0.25) is 5.78 Å². The maximum atomic E-state index is 12.1. The summed E-state index contributed by atoms with van der Waals surface area (Å²) in [7, 11) is 0. The lowest BCUT2D eigenvalue weighted by Crippen LogP contribution is -2.11. The number of nitrogens with one attached hydrogen (secondary N) is 1. The Labute approximate surface area is 124 Å². The standard InChI is InChI=1S/C15H10BrN3O/c16-10-6-7-13-12(8-10)15(20)14(18-13)9-17-19-11-4-2-1-3-5-11/h1-9,19H. The molecule has 4 nitrogen and oxygen atoms in total. The van der Waals surface area contributed by atoms with Gasteiger partial charge in [-0.25, -0.2) is 4.99 Å². The molecule has 3 rings (SSSR count). The molecule has 5 heteroatoms. The zero-order valence-corrected chi connectivity index (χ0v) is 12.0. The molecule has 98 valence electrons. The Morgan fingerprint density at radius 3 is 2.75 bits per heavy atom. The van der Waals surface area contributed by atoms with Crippen molar-refractivity contribution in [1.29, 1.82) is 0 Å². The summed E-state index contributed by atoms with van der Waals surface area (Å²) in [6, 6.07) is 15.0. The van der Waals surface area contributed by atoms with Gasteiger partial charge in [0.15, 0.2) is 0 Å². The summed E-state index contributed by atoms with van der Waals surface area (Å²) >= 11 is 3.35. The number of anilines is 1. The van der Waals surface area contributed by atoms with Gasteiger partial charge in [0, 0.05) is 4.47 Å². The molecule has 0 amide bonds. The number of fused-ring (bicyclic) bond motifs is 1. The zero-order chi connectivity index (χ0) is 13.9. The SMILES string of the molecule is O=C1C(C=NNc2ccccc2)=Nc2ccc(Br)cc21. The number of halogens is 1. The molecule has 0 spiro atoms. The molecule has 1 N–H and O–H groups in total. The summed E-state index contributed by atoms with van der Waals surface area (Å²) in [6.45, 7) is 0. The van der Waals surface area contributed by atoms with E-state index < -0.39 is 0 Å². The largest absolute Gasteiger partial charge is 0.287 e. The molecule has 0 unspecified atom stereocenters. The number of aliphatic imine (C=N–C) groups is 1. The minimum absolute atomic E-state index is 0.111. The minimum atomic E-state index is -0.111. The second-order valence-electron chi connectivity index (χ2n) is 4.22. The van der Waals surface area contributed by atoms with Crippen LogP contribution in [0.15, 0.2) is 63.1 Å². The number of rotatable bonds is 3. The van der Waals surface area contributed by atoms with E-state index in [4.69, 9.17) is 0 Å². The molecule has 0 aromatic heterocycles. The van der Waals surface area contributed by atoms with E-state index in [1.54, 1.807) is 6.07 Å². The van der Waals surface area contributed by atoms with Crippen molar-refractivity contribution in [3.8, 4) is 0 Å². The molecule has 0 bridgehead atoms. The Hall–Kier alpha value is -2.27. The number of Topliss-reactive ketones (excluding diaryl/α,β-unsaturated/α-hetero) is 1. The monoisotopic (exact) mass is 327 g/mol. The van der Waals surface area contributed by atoms with Gasteiger partial charge in [-0.15, -0.1) is 0 Å². The first-order valence-corrected chi connectivity index (χ1v) is 6.80. The molecule has 2 aromatic rings. The molecule has 1 heterocycles. The summed E-state index contributed by atoms with van der Waals surface area (Å²) in [5, 5.41) is 4.04. The third-order valence-electron chi connectivity index (χ3n) is 2.83. The fraction of sp³-hybridized carbons (Fsp3) is 0. The molecular weight excluding hydrogens is 318 g/mol. The first kappa shape index (κ1) is 12.7. The van der Waals surface area contributed by atoms with Crippen molar-refractivity contribution in [1.82, 2.24) is 0 Å². The predicted molar refractivity (Wildman–Crippen MR) is 84.1 cm³/mol. The number of benzene rings is 2. The fourth-order valence-corrected chi connectivity index (χ4v) is 2.24. The number of nitrogens with zero attached hydrogens (tertiary/aromatic N) is 2. The van der Waals surface area contributed by atoms with Gasteiger partial charge >= 0.3 is 0 Å². The van der Waals surface area contributed by atoms with Crippen molar-refractivity contribution < 1.29 is 4.79 Å². The Morgan fingerprint density at radius 2 is 1.95 bits per heavy atom.